The van der Waals surface area contributed by atoms with Crippen LogP contribution in [0.1, 0.15) is 22.7 Å². The molecule has 0 spiro atoms. The standard InChI is InChI=1S/C19H16ClFN4O3/c1-11-23-18(25-28-11)14-4-2-3-5-16(14)24-17(26)8-9-22-19(27)13-7-6-12(21)10-15(13)20/h2-7,10H,8-9H2,1H3,(H,22,27)(H,24,26). The number of nitrogens with one attached hydrogen (secondary N) is 2. The predicted molar refractivity (Wildman–Crippen MR) is 101 cm³/mol. The number of amides is 2. The first kappa shape index (κ1) is 19.5. The summed E-state index contributed by atoms with van der Waals surface area (Å²) in [6.07, 6.45) is 0.0319. The lowest BCUT2D eigenvalue weighted by Crippen LogP contribution is -2.28. The summed E-state index contributed by atoms with van der Waals surface area (Å²) in [5.74, 6) is -0.541. The minimum Gasteiger partial charge on any atom is -0.351 e. The zero-order valence-corrected chi connectivity index (χ0v) is 15.6. The molecule has 0 aliphatic rings. The summed E-state index contributed by atoms with van der Waals surface area (Å²) in [5.41, 5.74) is 1.29. The Hall–Kier alpha value is -3.26. The van der Waals surface area contributed by atoms with E-state index in [9.17, 15) is 14.0 Å². The van der Waals surface area contributed by atoms with Gasteiger partial charge in [-0.25, -0.2) is 4.39 Å². The highest BCUT2D eigenvalue weighted by molar-refractivity contribution is 6.33. The summed E-state index contributed by atoms with van der Waals surface area (Å²) in [5, 5.41) is 9.20. The lowest BCUT2D eigenvalue weighted by molar-refractivity contribution is -0.116. The van der Waals surface area contributed by atoms with Crippen molar-refractivity contribution in [3.63, 3.8) is 0 Å². The number of aryl methyl sites for hydroxylation is 1. The average Bonchev–Trinajstić information content (AvgIpc) is 3.08. The Kier molecular flexibility index (Phi) is 6.00. The summed E-state index contributed by atoms with van der Waals surface area (Å²) >= 11 is 5.85. The van der Waals surface area contributed by atoms with Gasteiger partial charge in [-0.05, 0) is 30.3 Å². The number of carbonyl (C=O) groups excluding carboxylic acids is 2. The van der Waals surface area contributed by atoms with E-state index in [4.69, 9.17) is 16.1 Å². The summed E-state index contributed by atoms with van der Waals surface area (Å²) in [6.45, 7) is 1.76. The highest BCUT2D eigenvalue weighted by atomic mass is 35.5. The number of hydrogen-bond acceptors (Lipinski definition) is 5. The molecule has 0 aliphatic heterocycles. The molecule has 0 unspecified atom stereocenters. The molecule has 9 heteroatoms. The number of para-hydroxylation sites is 1. The van der Waals surface area contributed by atoms with Crippen molar-refractivity contribution in [3.8, 4) is 11.4 Å². The molecule has 1 heterocycles. The number of carbonyl (C=O) groups is 2. The smallest absolute Gasteiger partial charge is 0.252 e. The third-order valence-corrected chi connectivity index (χ3v) is 4.10. The molecule has 1 aromatic heterocycles. The van der Waals surface area contributed by atoms with Crippen molar-refractivity contribution in [2.75, 3.05) is 11.9 Å². The predicted octanol–water partition coefficient (Wildman–Crippen LogP) is 3.60. The number of halogens is 2. The molecule has 0 aliphatic carbocycles. The van der Waals surface area contributed by atoms with Gasteiger partial charge in [-0.15, -0.1) is 0 Å². The number of benzene rings is 2. The lowest BCUT2D eigenvalue weighted by Gasteiger charge is -2.10. The molecular weight excluding hydrogens is 387 g/mol. The van der Waals surface area contributed by atoms with Crippen LogP contribution in [0.3, 0.4) is 0 Å². The second-order valence-electron chi connectivity index (χ2n) is 5.86. The molecule has 0 atom stereocenters. The van der Waals surface area contributed by atoms with Crippen LogP contribution in [0.4, 0.5) is 10.1 Å². The summed E-state index contributed by atoms with van der Waals surface area (Å²) in [7, 11) is 0. The lowest BCUT2D eigenvalue weighted by atomic mass is 10.1. The van der Waals surface area contributed by atoms with Crippen molar-refractivity contribution in [1.29, 1.82) is 0 Å². The van der Waals surface area contributed by atoms with Gasteiger partial charge in [-0.3, -0.25) is 9.59 Å². The molecule has 0 saturated heterocycles. The van der Waals surface area contributed by atoms with Gasteiger partial charge in [0.05, 0.1) is 16.3 Å². The molecule has 144 valence electrons. The Bertz CT molecular complexity index is 1020. The molecule has 2 amide bonds. The van der Waals surface area contributed by atoms with Crippen LogP contribution in [0.2, 0.25) is 5.02 Å². The minimum absolute atomic E-state index is 0.00582. The van der Waals surface area contributed by atoms with Crippen LogP contribution in [0.25, 0.3) is 11.4 Å². The van der Waals surface area contributed by atoms with Gasteiger partial charge in [0, 0.05) is 25.5 Å². The van der Waals surface area contributed by atoms with Crippen LogP contribution in [0, 0.1) is 12.7 Å². The van der Waals surface area contributed by atoms with Gasteiger partial charge in [-0.1, -0.05) is 28.9 Å². The second kappa shape index (κ2) is 8.62. The molecule has 3 aromatic rings. The number of rotatable bonds is 6. The Morgan fingerprint density at radius 3 is 2.71 bits per heavy atom. The van der Waals surface area contributed by atoms with Gasteiger partial charge in [0.1, 0.15) is 5.82 Å². The van der Waals surface area contributed by atoms with Gasteiger partial charge in [0.25, 0.3) is 5.91 Å². The molecular formula is C19H16ClFN4O3. The molecule has 3 rings (SSSR count). The molecule has 7 nitrogen and oxygen atoms in total. The highest BCUT2D eigenvalue weighted by Crippen LogP contribution is 2.25. The summed E-state index contributed by atoms with van der Waals surface area (Å²) in [4.78, 5) is 28.5. The first-order chi connectivity index (χ1) is 13.4. The van der Waals surface area contributed by atoms with Crippen LogP contribution in [-0.2, 0) is 4.79 Å². The molecule has 0 saturated carbocycles. The van der Waals surface area contributed by atoms with E-state index in [0.29, 0.717) is 23.0 Å². The Morgan fingerprint density at radius 1 is 1.21 bits per heavy atom. The second-order valence-corrected chi connectivity index (χ2v) is 6.27. The quantitative estimate of drug-likeness (QED) is 0.656. The molecule has 28 heavy (non-hydrogen) atoms. The fourth-order valence-electron chi connectivity index (χ4n) is 2.47. The van der Waals surface area contributed by atoms with E-state index in [0.717, 1.165) is 12.1 Å². The van der Waals surface area contributed by atoms with Crippen LogP contribution in [0.15, 0.2) is 47.0 Å². The molecule has 0 bridgehead atoms. The highest BCUT2D eigenvalue weighted by Gasteiger charge is 2.14. The van der Waals surface area contributed by atoms with E-state index in [-0.39, 0.29) is 29.5 Å². The fourth-order valence-corrected chi connectivity index (χ4v) is 2.72. The van der Waals surface area contributed by atoms with Crippen LogP contribution in [0.5, 0.6) is 0 Å². The molecule has 2 N–H and O–H groups in total. The van der Waals surface area contributed by atoms with E-state index >= 15 is 0 Å². The monoisotopic (exact) mass is 402 g/mol. The maximum Gasteiger partial charge on any atom is 0.252 e. The summed E-state index contributed by atoms with van der Waals surface area (Å²) < 4.78 is 18.0. The Balaban J connectivity index is 1.57. The topological polar surface area (TPSA) is 97.1 Å². The Morgan fingerprint density at radius 2 is 2.00 bits per heavy atom. The van der Waals surface area contributed by atoms with Crippen molar-refractivity contribution in [2.24, 2.45) is 0 Å². The minimum atomic E-state index is -0.531. The van der Waals surface area contributed by atoms with Gasteiger partial charge in [-0.2, -0.15) is 4.98 Å². The van der Waals surface area contributed by atoms with E-state index in [1.807, 2.05) is 0 Å². The van der Waals surface area contributed by atoms with Gasteiger partial charge < -0.3 is 15.2 Å². The summed E-state index contributed by atoms with van der Waals surface area (Å²) in [6, 6.07) is 10.5. The zero-order chi connectivity index (χ0) is 20.1. The normalized spacial score (nSPS) is 10.5. The van der Waals surface area contributed by atoms with E-state index < -0.39 is 11.7 Å². The fraction of sp³-hybridized carbons (Fsp3) is 0.158. The number of nitrogens with zero attached hydrogens (tertiary/aromatic N) is 2. The third kappa shape index (κ3) is 4.72. The zero-order valence-electron chi connectivity index (χ0n) is 14.8. The van der Waals surface area contributed by atoms with E-state index in [1.54, 1.807) is 31.2 Å². The van der Waals surface area contributed by atoms with Crippen LogP contribution < -0.4 is 10.6 Å². The van der Waals surface area contributed by atoms with Gasteiger partial charge >= 0.3 is 0 Å². The molecule has 0 radical (unpaired) electrons. The van der Waals surface area contributed by atoms with Gasteiger partial charge in [0.2, 0.25) is 17.6 Å². The van der Waals surface area contributed by atoms with Crippen LogP contribution in [-0.4, -0.2) is 28.5 Å². The maximum absolute atomic E-state index is 13.0. The first-order valence-electron chi connectivity index (χ1n) is 8.37. The SMILES string of the molecule is Cc1nc(-c2ccccc2NC(=O)CCNC(=O)c2ccc(F)cc2Cl)no1. The molecule has 0 fully saturated rings. The van der Waals surface area contributed by atoms with Crippen LogP contribution >= 0.6 is 11.6 Å². The van der Waals surface area contributed by atoms with Crippen molar-refractivity contribution in [2.45, 2.75) is 13.3 Å². The van der Waals surface area contributed by atoms with Crippen molar-refractivity contribution in [3.05, 3.63) is 64.8 Å². The Labute approximate surface area is 164 Å². The maximum atomic E-state index is 13.0. The van der Waals surface area contributed by atoms with Crippen molar-refractivity contribution < 1.29 is 18.5 Å². The number of hydrogen-bond donors (Lipinski definition) is 2. The van der Waals surface area contributed by atoms with Crippen molar-refractivity contribution in [1.82, 2.24) is 15.5 Å². The largest absolute Gasteiger partial charge is 0.351 e. The first-order valence-corrected chi connectivity index (χ1v) is 8.74. The third-order valence-electron chi connectivity index (χ3n) is 3.78. The molecule has 2 aromatic carbocycles. The van der Waals surface area contributed by atoms with Gasteiger partial charge in [0.15, 0.2) is 0 Å². The number of aromatic nitrogens is 2. The average molecular weight is 403 g/mol. The number of anilines is 1. The van der Waals surface area contributed by atoms with E-state index in [1.165, 1.54) is 6.07 Å². The van der Waals surface area contributed by atoms with Crippen molar-refractivity contribution >= 4 is 29.1 Å². The van der Waals surface area contributed by atoms with E-state index in [2.05, 4.69) is 20.8 Å².